The van der Waals surface area contributed by atoms with Gasteiger partial charge in [-0.2, -0.15) is 0 Å². The van der Waals surface area contributed by atoms with E-state index in [2.05, 4.69) is 10.3 Å². The summed E-state index contributed by atoms with van der Waals surface area (Å²) in [6.07, 6.45) is 4.27. The second kappa shape index (κ2) is 7.30. The van der Waals surface area contributed by atoms with Crippen LogP contribution < -0.4 is 5.32 Å². The average molecular weight is 331 g/mol. The lowest BCUT2D eigenvalue weighted by molar-refractivity contribution is -0.134. The Morgan fingerprint density at radius 1 is 1.29 bits per heavy atom. The molecule has 6 nitrogen and oxygen atoms in total. The number of pyridine rings is 1. The van der Waals surface area contributed by atoms with Gasteiger partial charge in [-0.25, -0.2) is 0 Å². The van der Waals surface area contributed by atoms with Gasteiger partial charge in [0.2, 0.25) is 11.8 Å². The van der Waals surface area contributed by atoms with Crippen LogP contribution in [0, 0.1) is 11.8 Å². The largest absolute Gasteiger partial charge is 0.393 e. The van der Waals surface area contributed by atoms with Gasteiger partial charge in [0.15, 0.2) is 0 Å². The number of likely N-dealkylation sites (tertiary alicyclic amines) is 1. The zero-order chi connectivity index (χ0) is 17.1. The maximum Gasteiger partial charge on any atom is 0.223 e. The van der Waals surface area contributed by atoms with Crippen molar-refractivity contribution < 1.29 is 14.7 Å². The van der Waals surface area contributed by atoms with E-state index in [1.807, 2.05) is 18.2 Å². The van der Waals surface area contributed by atoms with E-state index in [1.165, 1.54) is 0 Å². The summed E-state index contributed by atoms with van der Waals surface area (Å²) in [5.74, 6) is 0.284. The first-order chi connectivity index (χ1) is 11.5. The summed E-state index contributed by atoms with van der Waals surface area (Å²) >= 11 is 0. The highest BCUT2D eigenvalue weighted by Gasteiger charge is 2.37. The van der Waals surface area contributed by atoms with Crippen molar-refractivity contribution >= 4 is 11.8 Å². The molecule has 1 aliphatic carbocycles. The van der Waals surface area contributed by atoms with Gasteiger partial charge >= 0.3 is 0 Å². The summed E-state index contributed by atoms with van der Waals surface area (Å²) in [6, 6.07) is 5.55. The summed E-state index contributed by atoms with van der Waals surface area (Å²) in [5.41, 5.74) is 0.851. The first kappa shape index (κ1) is 16.9. The van der Waals surface area contributed by atoms with Crippen molar-refractivity contribution in [3.8, 4) is 0 Å². The maximum atomic E-state index is 12.7. The molecule has 3 rings (SSSR count). The van der Waals surface area contributed by atoms with E-state index in [-0.39, 0.29) is 35.8 Å². The lowest BCUT2D eigenvalue weighted by Crippen LogP contribution is -2.46. The molecular formula is C18H25N3O3. The zero-order valence-corrected chi connectivity index (χ0v) is 14.0. The van der Waals surface area contributed by atoms with E-state index in [0.717, 1.165) is 5.69 Å². The third-order valence-corrected chi connectivity index (χ3v) is 5.24. The van der Waals surface area contributed by atoms with Crippen LogP contribution in [0.3, 0.4) is 0 Å². The number of hydrogen-bond acceptors (Lipinski definition) is 4. The van der Waals surface area contributed by atoms with Crippen LogP contribution in [0.15, 0.2) is 24.4 Å². The lowest BCUT2D eigenvalue weighted by atomic mass is 9.76. The minimum absolute atomic E-state index is 0.0373. The Morgan fingerprint density at radius 3 is 2.54 bits per heavy atom. The number of nitrogens with zero attached hydrogens (tertiary/aromatic N) is 2. The molecular weight excluding hydrogens is 306 g/mol. The third kappa shape index (κ3) is 3.75. The highest BCUT2D eigenvalue weighted by molar-refractivity contribution is 5.80. The number of carbonyl (C=O) groups is 2. The fraction of sp³-hybridized carbons (Fsp3) is 0.611. The predicted octanol–water partition coefficient (Wildman–Crippen LogP) is 1.27. The molecule has 0 radical (unpaired) electrons. The van der Waals surface area contributed by atoms with Crippen LogP contribution in [-0.2, 0) is 9.59 Å². The van der Waals surface area contributed by atoms with Crippen molar-refractivity contribution in [2.45, 2.75) is 44.8 Å². The monoisotopic (exact) mass is 331 g/mol. The van der Waals surface area contributed by atoms with E-state index >= 15 is 0 Å². The molecule has 0 unspecified atom stereocenters. The number of carbonyl (C=O) groups excluding carboxylic acids is 2. The molecule has 130 valence electrons. The van der Waals surface area contributed by atoms with Crippen molar-refractivity contribution in [1.29, 1.82) is 0 Å². The van der Waals surface area contributed by atoms with Crippen LogP contribution in [0.25, 0.3) is 0 Å². The van der Waals surface area contributed by atoms with Gasteiger partial charge in [-0.15, -0.1) is 0 Å². The van der Waals surface area contributed by atoms with Gasteiger partial charge in [0.25, 0.3) is 0 Å². The maximum absolute atomic E-state index is 12.7. The molecule has 6 heteroatoms. The highest BCUT2D eigenvalue weighted by atomic mass is 16.3. The van der Waals surface area contributed by atoms with E-state index in [9.17, 15) is 14.7 Å². The third-order valence-electron chi connectivity index (χ3n) is 5.24. The summed E-state index contributed by atoms with van der Waals surface area (Å²) in [5, 5.41) is 12.8. The molecule has 1 aliphatic heterocycles. The number of aliphatic hydroxyl groups excluding tert-OH is 1. The topological polar surface area (TPSA) is 82.5 Å². The van der Waals surface area contributed by atoms with Crippen molar-refractivity contribution in [3.05, 3.63) is 30.1 Å². The smallest absolute Gasteiger partial charge is 0.223 e. The van der Waals surface area contributed by atoms with E-state index in [0.29, 0.717) is 38.8 Å². The van der Waals surface area contributed by atoms with Crippen LogP contribution in [0.5, 0.6) is 0 Å². The van der Waals surface area contributed by atoms with Gasteiger partial charge in [-0.1, -0.05) is 6.07 Å². The Balaban J connectivity index is 1.63. The molecule has 2 aliphatic rings. The van der Waals surface area contributed by atoms with Crippen molar-refractivity contribution in [3.63, 3.8) is 0 Å². The number of piperidine rings is 1. The lowest BCUT2D eigenvalue weighted by Gasteiger charge is -2.39. The Kier molecular flexibility index (Phi) is 5.14. The molecule has 0 spiro atoms. The van der Waals surface area contributed by atoms with Gasteiger partial charge < -0.3 is 15.3 Å². The van der Waals surface area contributed by atoms with Gasteiger partial charge in [-0.3, -0.25) is 14.6 Å². The summed E-state index contributed by atoms with van der Waals surface area (Å²) in [7, 11) is 0. The predicted molar refractivity (Wildman–Crippen MR) is 88.8 cm³/mol. The molecule has 2 heterocycles. The Labute approximate surface area is 142 Å². The zero-order valence-electron chi connectivity index (χ0n) is 14.0. The van der Waals surface area contributed by atoms with E-state index in [4.69, 9.17) is 0 Å². The van der Waals surface area contributed by atoms with Gasteiger partial charge in [0.1, 0.15) is 0 Å². The van der Waals surface area contributed by atoms with Gasteiger partial charge in [0.05, 0.1) is 17.8 Å². The fourth-order valence-corrected chi connectivity index (χ4v) is 3.62. The molecule has 2 amide bonds. The van der Waals surface area contributed by atoms with Crippen molar-refractivity contribution in [2.75, 3.05) is 13.1 Å². The fourth-order valence-electron chi connectivity index (χ4n) is 3.62. The van der Waals surface area contributed by atoms with Crippen LogP contribution >= 0.6 is 0 Å². The minimum Gasteiger partial charge on any atom is -0.393 e. The normalized spacial score (nSPS) is 25.7. The first-order valence-electron chi connectivity index (χ1n) is 8.69. The molecule has 24 heavy (non-hydrogen) atoms. The first-order valence-corrected chi connectivity index (χ1v) is 8.69. The SMILES string of the molecule is CC(=O)N1CCC(C(=O)N[C@@H](c2ccccn2)C2CC(O)C2)CC1. The standard InChI is InChI=1S/C18H25N3O3/c1-12(22)21-8-5-13(6-9-21)18(24)20-17(14-10-15(23)11-14)16-4-2-3-7-19-16/h2-4,7,13-15,17,23H,5-6,8-11H2,1H3,(H,20,24)/t14?,15?,17-/m1/s1. The summed E-state index contributed by atoms with van der Waals surface area (Å²) in [4.78, 5) is 30.3. The van der Waals surface area contributed by atoms with E-state index < -0.39 is 0 Å². The van der Waals surface area contributed by atoms with Crippen LogP contribution in [0.4, 0.5) is 0 Å². The number of aromatic nitrogens is 1. The molecule has 2 fully saturated rings. The second-order valence-corrected chi connectivity index (χ2v) is 6.91. The molecule has 1 saturated heterocycles. The number of rotatable bonds is 4. The number of amides is 2. The molecule has 0 bridgehead atoms. The molecule has 1 aromatic heterocycles. The number of hydrogen-bond donors (Lipinski definition) is 2. The Morgan fingerprint density at radius 2 is 2.00 bits per heavy atom. The molecule has 1 atom stereocenters. The van der Waals surface area contributed by atoms with E-state index in [1.54, 1.807) is 18.0 Å². The van der Waals surface area contributed by atoms with Crippen LogP contribution in [0.2, 0.25) is 0 Å². The number of aliphatic hydroxyl groups is 1. The quantitative estimate of drug-likeness (QED) is 0.870. The molecule has 2 N–H and O–H groups in total. The van der Waals surface area contributed by atoms with Crippen LogP contribution in [-0.4, -0.2) is 46.0 Å². The van der Waals surface area contributed by atoms with Crippen LogP contribution in [0.1, 0.15) is 44.3 Å². The Hall–Kier alpha value is -1.95. The number of nitrogens with one attached hydrogen (secondary N) is 1. The Bertz CT molecular complexity index is 578. The summed E-state index contributed by atoms with van der Waals surface area (Å²) in [6.45, 7) is 2.85. The van der Waals surface area contributed by atoms with Crippen molar-refractivity contribution in [2.24, 2.45) is 11.8 Å². The average Bonchev–Trinajstić information content (AvgIpc) is 2.58. The highest BCUT2D eigenvalue weighted by Crippen LogP contribution is 2.37. The van der Waals surface area contributed by atoms with Gasteiger partial charge in [-0.05, 0) is 43.7 Å². The molecule has 1 saturated carbocycles. The van der Waals surface area contributed by atoms with Gasteiger partial charge in [0, 0.05) is 32.1 Å². The molecule has 1 aromatic rings. The van der Waals surface area contributed by atoms with Crippen molar-refractivity contribution in [1.82, 2.24) is 15.2 Å². The summed E-state index contributed by atoms with van der Waals surface area (Å²) < 4.78 is 0. The minimum atomic E-state index is -0.267. The molecule has 0 aromatic carbocycles. The second-order valence-electron chi connectivity index (χ2n) is 6.91.